The van der Waals surface area contributed by atoms with Crippen molar-refractivity contribution in [3.05, 3.63) is 41.3 Å². The molecule has 0 fully saturated rings. The lowest BCUT2D eigenvalue weighted by atomic mass is 10.2. The molecule has 0 unspecified atom stereocenters. The lowest BCUT2D eigenvalue weighted by Gasteiger charge is -2.21. The van der Waals surface area contributed by atoms with Crippen LogP contribution in [0.2, 0.25) is 0 Å². The molecule has 1 aromatic rings. The molecule has 1 atom stereocenters. The topological polar surface area (TPSA) is 37.4 Å². The third-order valence-corrected chi connectivity index (χ3v) is 4.49. The zero-order valence-electron chi connectivity index (χ0n) is 10.5. The summed E-state index contributed by atoms with van der Waals surface area (Å²) >= 11 is 0. The quantitative estimate of drug-likeness (QED) is 0.809. The van der Waals surface area contributed by atoms with Gasteiger partial charge in [0.25, 0.3) is 0 Å². The van der Waals surface area contributed by atoms with E-state index in [0.717, 1.165) is 12.0 Å². The third kappa shape index (κ3) is 3.98. The molecule has 0 aliphatic carbocycles. The molecule has 0 heterocycles. The molecule has 0 radical (unpaired) electrons. The maximum absolute atomic E-state index is 11.9. The van der Waals surface area contributed by atoms with Crippen molar-refractivity contribution in [2.24, 2.45) is 0 Å². The van der Waals surface area contributed by atoms with Crippen LogP contribution < -0.4 is 0 Å². The molecule has 94 valence electrons. The molecule has 0 spiro atoms. The number of sulfonamides is 1. The van der Waals surface area contributed by atoms with Gasteiger partial charge in [0.1, 0.15) is 0 Å². The van der Waals surface area contributed by atoms with Crippen molar-refractivity contribution in [3.63, 3.8) is 0 Å². The standard InChI is InChI=1S/C13H19NO2S/c1-4-12(2)14(3)17(15,16)11-10-13-8-6-5-7-9-13/h5-12H,4H2,1-3H3/b11-10+/t12-/m1/s1. The normalized spacial score (nSPS) is 14.4. The smallest absolute Gasteiger partial charge is 0.208 e. The zero-order chi connectivity index (χ0) is 12.9. The fraction of sp³-hybridized carbons (Fsp3) is 0.385. The number of rotatable bonds is 5. The molecule has 0 aliphatic rings. The predicted molar refractivity (Wildman–Crippen MR) is 71.9 cm³/mol. The first-order valence-electron chi connectivity index (χ1n) is 5.68. The Balaban J connectivity index is 2.84. The second-order valence-corrected chi connectivity index (χ2v) is 5.91. The van der Waals surface area contributed by atoms with Crippen molar-refractivity contribution in [1.29, 1.82) is 0 Å². The molecule has 3 nitrogen and oxygen atoms in total. The Bertz CT molecular complexity index is 465. The van der Waals surface area contributed by atoms with E-state index >= 15 is 0 Å². The van der Waals surface area contributed by atoms with Gasteiger partial charge < -0.3 is 0 Å². The first-order chi connectivity index (χ1) is 7.97. The van der Waals surface area contributed by atoms with Gasteiger partial charge in [0.05, 0.1) is 0 Å². The van der Waals surface area contributed by atoms with E-state index in [1.54, 1.807) is 13.1 Å². The van der Waals surface area contributed by atoms with Crippen LogP contribution in [0.15, 0.2) is 35.7 Å². The molecule has 4 heteroatoms. The summed E-state index contributed by atoms with van der Waals surface area (Å²) in [6.45, 7) is 3.87. The molecule has 0 bridgehead atoms. The Labute approximate surface area is 104 Å². The monoisotopic (exact) mass is 253 g/mol. The van der Waals surface area contributed by atoms with Crippen molar-refractivity contribution in [2.45, 2.75) is 26.3 Å². The Kier molecular flexibility index (Phi) is 4.90. The maximum Gasteiger partial charge on any atom is 0.236 e. The fourth-order valence-corrected chi connectivity index (χ4v) is 2.50. The summed E-state index contributed by atoms with van der Waals surface area (Å²) in [5.74, 6) is 0. The summed E-state index contributed by atoms with van der Waals surface area (Å²) in [5.41, 5.74) is 0.883. The van der Waals surface area contributed by atoms with Crippen LogP contribution in [0.3, 0.4) is 0 Å². The van der Waals surface area contributed by atoms with E-state index in [-0.39, 0.29) is 6.04 Å². The molecule has 0 aliphatic heterocycles. The zero-order valence-corrected chi connectivity index (χ0v) is 11.3. The van der Waals surface area contributed by atoms with Crippen molar-refractivity contribution in [3.8, 4) is 0 Å². The third-order valence-electron chi connectivity index (χ3n) is 2.84. The Morgan fingerprint density at radius 3 is 2.41 bits per heavy atom. The molecule has 1 aromatic carbocycles. The fourth-order valence-electron chi connectivity index (χ4n) is 1.33. The van der Waals surface area contributed by atoms with Gasteiger partial charge in [-0.25, -0.2) is 8.42 Å². The highest BCUT2D eigenvalue weighted by molar-refractivity contribution is 7.92. The van der Waals surface area contributed by atoms with E-state index in [1.807, 2.05) is 44.2 Å². The van der Waals surface area contributed by atoms with Gasteiger partial charge in [-0.1, -0.05) is 37.3 Å². The number of nitrogens with zero attached hydrogens (tertiary/aromatic N) is 1. The molecule has 0 aromatic heterocycles. The van der Waals surface area contributed by atoms with Crippen LogP contribution in [0, 0.1) is 0 Å². The summed E-state index contributed by atoms with van der Waals surface area (Å²) in [6, 6.07) is 9.41. The van der Waals surface area contributed by atoms with Crippen molar-refractivity contribution < 1.29 is 8.42 Å². The van der Waals surface area contributed by atoms with Crippen molar-refractivity contribution >= 4 is 16.1 Å². The summed E-state index contributed by atoms with van der Waals surface area (Å²) < 4.78 is 25.3. The Hall–Kier alpha value is -1.13. The highest BCUT2D eigenvalue weighted by atomic mass is 32.2. The van der Waals surface area contributed by atoms with Crippen LogP contribution in [-0.2, 0) is 10.0 Å². The van der Waals surface area contributed by atoms with Gasteiger partial charge in [-0.3, -0.25) is 0 Å². The van der Waals surface area contributed by atoms with Crippen LogP contribution in [0.4, 0.5) is 0 Å². The molecule has 17 heavy (non-hydrogen) atoms. The van der Waals surface area contributed by atoms with E-state index < -0.39 is 10.0 Å². The van der Waals surface area contributed by atoms with Gasteiger partial charge in [-0.2, -0.15) is 4.31 Å². The van der Waals surface area contributed by atoms with E-state index in [0.29, 0.717) is 0 Å². The molecular weight excluding hydrogens is 234 g/mol. The van der Waals surface area contributed by atoms with Crippen LogP contribution in [0.1, 0.15) is 25.8 Å². The van der Waals surface area contributed by atoms with Gasteiger partial charge in [0, 0.05) is 18.5 Å². The predicted octanol–water partition coefficient (Wildman–Crippen LogP) is 2.72. The molecule has 0 amide bonds. The van der Waals surface area contributed by atoms with Gasteiger partial charge in [0.2, 0.25) is 10.0 Å². The van der Waals surface area contributed by atoms with Crippen LogP contribution in [0.25, 0.3) is 6.08 Å². The minimum absolute atomic E-state index is 0.0143. The van der Waals surface area contributed by atoms with Gasteiger partial charge in [-0.15, -0.1) is 0 Å². The Morgan fingerprint density at radius 1 is 1.29 bits per heavy atom. The Morgan fingerprint density at radius 2 is 1.88 bits per heavy atom. The highest BCUT2D eigenvalue weighted by Gasteiger charge is 2.18. The summed E-state index contributed by atoms with van der Waals surface area (Å²) in [7, 11) is -1.71. The van der Waals surface area contributed by atoms with Gasteiger partial charge in [0.15, 0.2) is 0 Å². The van der Waals surface area contributed by atoms with E-state index in [1.165, 1.54) is 9.71 Å². The van der Waals surface area contributed by atoms with Crippen LogP contribution in [0.5, 0.6) is 0 Å². The average molecular weight is 253 g/mol. The van der Waals surface area contributed by atoms with E-state index in [2.05, 4.69) is 0 Å². The SMILES string of the molecule is CC[C@@H](C)N(C)S(=O)(=O)/C=C/c1ccccc1. The summed E-state index contributed by atoms with van der Waals surface area (Å²) in [6.07, 6.45) is 2.42. The maximum atomic E-state index is 11.9. The summed E-state index contributed by atoms with van der Waals surface area (Å²) in [4.78, 5) is 0. The molecule has 0 saturated heterocycles. The average Bonchev–Trinajstić information content (AvgIpc) is 2.36. The minimum atomic E-state index is -3.32. The number of hydrogen-bond acceptors (Lipinski definition) is 2. The molecular formula is C13H19NO2S. The van der Waals surface area contributed by atoms with Crippen molar-refractivity contribution in [2.75, 3.05) is 7.05 Å². The first-order valence-corrected chi connectivity index (χ1v) is 7.19. The second kappa shape index (κ2) is 5.98. The molecule has 1 rings (SSSR count). The lowest BCUT2D eigenvalue weighted by Crippen LogP contribution is -2.33. The number of benzene rings is 1. The van der Waals surface area contributed by atoms with Gasteiger partial charge >= 0.3 is 0 Å². The second-order valence-electron chi connectivity index (χ2n) is 4.03. The lowest BCUT2D eigenvalue weighted by molar-refractivity contribution is 0.386. The van der Waals surface area contributed by atoms with E-state index in [9.17, 15) is 8.42 Å². The van der Waals surface area contributed by atoms with E-state index in [4.69, 9.17) is 0 Å². The van der Waals surface area contributed by atoms with Gasteiger partial charge in [-0.05, 0) is 25.0 Å². The summed E-state index contributed by atoms with van der Waals surface area (Å²) in [5, 5.41) is 1.26. The van der Waals surface area contributed by atoms with Crippen molar-refractivity contribution in [1.82, 2.24) is 4.31 Å². The van der Waals surface area contributed by atoms with Crippen LogP contribution >= 0.6 is 0 Å². The highest BCUT2D eigenvalue weighted by Crippen LogP contribution is 2.11. The van der Waals surface area contributed by atoms with Crippen LogP contribution in [-0.4, -0.2) is 25.8 Å². The first kappa shape index (κ1) is 13.9. The minimum Gasteiger partial charge on any atom is -0.208 e. The molecule has 0 saturated carbocycles. The largest absolute Gasteiger partial charge is 0.236 e. The molecule has 0 N–H and O–H groups in total. The number of hydrogen-bond donors (Lipinski definition) is 0.